The number of nitrogens with zero attached hydrogens (tertiary/aromatic N) is 1. The summed E-state index contributed by atoms with van der Waals surface area (Å²) < 4.78 is 30.5. The Morgan fingerprint density at radius 2 is 1.12 bits per heavy atom. The summed E-state index contributed by atoms with van der Waals surface area (Å²) in [4.78, 5) is 112. The number of halogens is 4. The lowest BCUT2D eigenvalue weighted by atomic mass is 10.1. The summed E-state index contributed by atoms with van der Waals surface area (Å²) in [6.07, 6.45) is -2.21. The summed E-state index contributed by atoms with van der Waals surface area (Å²) in [7, 11) is 0. The molecule has 2 unspecified atom stereocenters. The summed E-state index contributed by atoms with van der Waals surface area (Å²) in [5, 5.41) is 4.24. The van der Waals surface area contributed by atoms with Crippen LogP contribution in [0.5, 0.6) is 0 Å². The Balaban J connectivity index is 3.88. The van der Waals surface area contributed by atoms with Crippen molar-refractivity contribution < 1.29 is 71.6 Å². The highest BCUT2D eigenvalue weighted by Crippen LogP contribution is 2.38. The largest absolute Gasteiger partial charge is 0.465 e. The Kier molecular flexibility index (Phi) is 21.5. The molecule has 0 fully saturated rings. The molecule has 0 spiro atoms. The molecule has 0 saturated carbocycles. The van der Waals surface area contributed by atoms with Gasteiger partial charge in [-0.1, -0.05) is 0 Å². The van der Waals surface area contributed by atoms with E-state index in [1.807, 2.05) is 0 Å². The molecule has 2 N–H and O–H groups in total. The number of amides is 3. The van der Waals surface area contributed by atoms with Gasteiger partial charge in [-0.2, -0.15) is 0 Å². The van der Waals surface area contributed by atoms with Crippen molar-refractivity contribution in [2.45, 2.75) is 46.8 Å². The third-order valence-corrected chi connectivity index (χ3v) is 9.23. The summed E-state index contributed by atoms with van der Waals surface area (Å²) in [5.74, 6) is -6.19. The van der Waals surface area contributed by atoms with E-state index in [9.17, 15) is 43.2 Å². The van der Waals surface area contributed by atoms with Gasteiger partial charge in [0.1, 0.15) is 33.0 Å². The van der Waals surface area contributed by atoms with Crippen molar-refractivity contribution in [2.75, 3.05) is 57.6 Å². The Morgan fingerprint density at radius 1 is 0.673 bits per heavy atom. The molecule has 0 aliphatic carbocycles. The topological polar surface area (TPSA) is 236 Å². The molecule has 0 saturated heterocycles. The number of carbonyl (C=O) groups excluding carboxylic acids is 9. The van der Waals surface area contributed by atoms with E-state index in [1.165, 1.54) is 6.92 Å². The molecule has 288 valence electrons. The number of esters is 5. The third kappa shape index (κ3) is 16.4. The standard InChI is InChI=1S/C30H35ClI3N3O15/c1-6-48-22(44)9-37(21(43)13-47-12-20(31)42)28-26(33)23(29(45)35-7-18(51-16(4)40)10-49-14(2)38)25(32)24(27(28)34)30(46)36-8-19(52-17(5)41)11-50-15(3)39/h18-19H,6-13H2,1-5H3,(H,35,45)(H,36,46). The van der Waals surface area contributed by atoms with Gasteiger partial charge in [0.25, 0.3) is 17.7 Å². The fraction of sp³-hybridized carbons (Fsp3) is 0.500. The second kappa shape index (κ2) is 23.7. The number of carbonyl (C=O) groups is 9. The van der Waals surface area contributed by atoms with Crippen LogP contribution in [0.3, 0.4) is 0 Å². The number of rotatable bonds is 20. The monoisotopic (exact) mass is 1090 g/mol. The molecule has 22 heteroatoms. The van der Waals surface area contributed by atoms with Crippen LogP contribution >= 0.6 is 79.4 Å². The Morgan fingerprint density at radius 3 is 1.48 bits per heavy atom. The van der Waals surface area contributed by atoms with Gasteiger partial charge in [0.05, 0.1) is 43.7 Å². The second-order valence-electron chi connectivity index (χ2n) is 10.2. The van der Waals surface area contributed by atoms with Crippen molar-refractivity contribution in [1.82, 2.24) is 10.6 Å². The highest BCUT2D eigenvalue weighted by molar-refractivity contribution is 14.1. The lowest BCUT2D eigenvalue weighted by Gasteiger charge is -2.28. The summed E-state index contributed by atoms with van der Waals surface area (Å²) in [6.45, 7) is 2.40. The molecule has 0 aliphatic heterocycles. The summed E-state index contributed by atoms with van der Waals surface area (Å²) >= 11 is 10.6. The van der Waals surface area contributed by atoms with E-state index in [-0.39, 0.29) is 47.2 Å². The van der Waals surface area contributed by atoms with E-state index in [0.717, 1.165) is 32.6 Å². The van der Waals surface area contributed by atoms with E-state index < -0.39 is 98.0 Å². The van der Waals surface area contributed by atoms with Gasteiger partial charge < -0.3 is 39.1 Å². The van der Waals surface area contributed by atoms with Crippen LogP contribution in [-0.4, -0.2) is 118 Å². The first kappa shape index (κ1) is 47.1. The first-order chi connectivity index (χ1) is 24.3. The first-order valence-corrected chi connectivity index (χ1v) is 18.5. The van der Waals surface area contributed by atoms with Crippen LogP contribution in [0.1, 0.15) is 55.3 Å². The van der Waals surface area contributed by atoms with Crippen molar-refractivity contribution in [1.29, 1.82) is 0 Å². The van der Waals surface area contributed by atoms with Gasteiger partial charge in [-0.05, 0) is 86.3 Å². The maximum absolute atomic E-state index is 13.9. The number of hydrogen-bond donors (Lipinski definition) is 2. The molecular formula is C30H35ClI3N3O15. The van der Waals surface area contributed by atoms with E-state index in [2.05, 4.69) is 10.6 Å². The summed E-state index contributed by atoms with van der Waals surface area (Å²) in [5.41, 5.74) is -0.416. The van der Waals surface area contributed by atoms with Gasteiger partial charge in [0.2, 0.25) is 5.24 Å². The molecule has 1 rings (SSSR count). The van der Waals surface area contributed by atoms with Crippen molar-refractivity contribution in [3.63, 3.8) is 0 Å². The molecule has 18 nitrogen and oxygen atoms in total. The minimum Gasteiger partial charge on any atom is -0.465 e. The zero-order valence-electron chi connectivity index (χ0n) is 28.4. The SMILES string of the molecule is CCOC(=O)CN(C(=O)COCC(=O)Cl)c1c(I)c(C(=O)NCC(COC(C)=O)OC(C)=O)c(I)c(C(=O)NCC(COC(C)=O)OC(C)=O)c1I. The predicted octanol–water partition coefficient (Wildman–Crippen LogP) is 1.63. The number of hydrogen-bond acceptors (Lipinski definition) is 15. The van der Waals surface area contributed by atoms with Crippen LogP contribution in [0.2, 0.25) is 0 Å². The number of anilines is 1. The maximum Gasteiger partial charge on any atom is 0.326 e. The fourth-order valence-electron chi connectivity index (χ4n) is 3.96. The molecule has 2 atom stereocenters. The molecule has 0 aromatic heterocycles. The average molecular weight is 1090 g/mol. The van der Waals surface area contributed by atoms with Crippen molar-refractivity contribution in [3.8, 4) is 0 Å². The Bertz CT molecular complexity index is 1480. The van der Waals surface area contributed by atoms with Gasteiger partial charge in [-0.3, -0.25) is 48.1 Å². The molecule has 0 radical (unpaired) electrons. The van der Waals surface area contributed by atoms with Gasteiger partial charge in [0.15, 0.2) is 12.2 Å². The second-order valence-corrected chi connectivity index (χ2v) is 13.8. The van der Waals surface area contributed by atoms with Crippen LogP contribution < -0.4 is 15.5 Å². The van der Waals surface area contributed by atoms with Crippen LogP contribution in [-0.2, 0) is 62.0 Å². The van der Waals surface area contributed by atoms with Gasteiger partial charge in [-0.25, -0.2) is 0 Å². The lowest BCUT2D eigenvalue weighted by molar-refractivity contribution is -0.155. The van der Waals surface area contributed by atoms with Crippen LogP contribution in [0.25, 0.3) is 0 Å². The van der Waals surface area contributed by atoms with Crippen molar-refractivity contribution in [3.05, 3.63) is 21.8 Å². The third-order valence-electron chi connectivity index (χ3n) is 5.94. The first-order valence-electron chi connectivity index (χ1n) is 14.9. The zero-order valence-corrected chi connectivity index (χ0v) is 35.6. The number of nitrogens with one attached hydrogen (secondary N) is 2. The fourth-order valence-corrected chi connectivity index (χ4v) is 8.77. The van der Waals surface area contributed by atoms with Crippen LogP contribution in [0.4, 0.5) is 5.69 Å². The minimum atomic E-state index is -1.11. The molecule has 0 heterocycles. The van der Waals surface area contributed by atoms with E-state index in [0.29, 0.717) is 0 Å². The molecule has 0 aliphatic rings. The molecule has 52 heavy (non-hydrogen) atoms. The summed E-state index contributed by atoms with van der Waals surface area (Å²) in [6, 6.07) is 0. The molecule has 1 aromatic carbocycles. The molecular weight excluding hydrogens is 1060 g/mol. The lowest BCUT2D eigenvalue weighted by Crippen LogP contribution is -2.42. The molecule has 3 amide bonds. The highest BCUT2D eigenvalue weighted by Gasteiger charge is 2.34. The molecule has 0 bridgehead atoms. The van der Waals surface area contributed by atoms with Gasteiger partial charge in [0, 0.05) is 31.3 Å². The average Bonchev–Trinajstić information content (AvgIpc) is 3.02. The molecule has 1 aromatic rings. The Hall–Kier alpha value is -2.91. The minimum absolute atomic E-state index is 0.0476. The van der Waals surface area contributed by atoms with Crippen LogP contribution in [0.15, 0.2) is 0 Å². The van der Waals surface area contributed by atoms with E-state index in [4.69, 9.17) is 40.0 Å². The van der Waals surface area contributed by atoms with Gasteiger partial charge >= 0.3 is 29.8 Å². The normalized spacial score (nSPS) is 11.6. The van der Waals surface area contributed by atoms with Gasteiger partial charge in [-0.15, -0.1) is 0 Å². The van der Waals surface area contributed by atoms with Crippen LogP contribution in [0, 0.1) is 10.7 Å². The highest BCUT2D eigenvalue weighted by atomic mass is 127. The predicted molar refractivity (Wildman–Crippen MR) is 204 cm³/mol. The Labute approximate surface area is 343 Å². The maximum atomic E-state index is 13.9. The smallest absolute Gasteiger partial charge is 0.326 e. The number of benzene rings is 1. The van der Waals surface area contributed by atoms with E-state index >= 15 is 0 Å². The van der Waals surface area contributed by atoms with Crippen molar-refractivity contribution in [2.24, 2.45) is 0 Å². The quantitative estimate of drug-likeness (QED) is 0.0818. The van der Waals surface area contributed by atoms with E-state index in [1.54, 1.807) is 67.8 Å². The zero-order chi connectivity index (χ0) is 39.7. The van der Waals surface area contributed by atoms with Crippen molar-refractivity contribution >= 4 is 138 Å². The number of ether oxygens (including phenoxy) is 6.